The summed E-state index contributed by atoms with van der Waals surface area (Å²) < 4.78 is 70.0. The van der Waals surface area contributed by atoms with E-state index >= 15 is 0 Å². The van der Waals surface area contributed by atoms with Crippen molar-refractivity contribution in [1.29, 1.82) is 0 Å². The third kappa shape index (κ3) is 3.91. The van der Waals surface area contributed by atoms with Gasteiger partial charge in [0.25, 0.3) is 10.0 Å². The molecule has 2 aromatic carbocycles. The summed E-state index contributed by atoms with van der Waals surface area (Å²) in [7, 11) is -4.39. The van der Waals surface area contributed by atoms with Crippen molar-refractivity contribution < 1.29 is 26.3 Å². The molecule has 0 fully saturated rings. The maximum Gasteiger partial charge on any atom is 0.573 e. The van der Waals surface area contributed by atoms with Crippen molar-refractivity contribution in [2.24, 2.45) is 0 Å². The third-order valence-electron chi connectivity index (χ3n) is 3.11. The molecule has 0 bridgehead atoms. The van der Waals surface area contributed by atoms with E-state index < -0.39 is 27.0 Å². The van der Waals surface area contributed by atoms with Crippen molar-refractivity contribution in [2.45, 2.75) is 11.3 Å². The van der Waals surface area contributed by atoms with E-state index in [1.54, 1.807) is 12.1 Å². The normalized spacial score (nSPS) is 12.0. The van der Waals surface area contributed by atoms with Gasteiger partial charge in [-0.2, -0.15) is 4.68 Å². The number of aromatic nitrogens is 4. The Bertz CT molecular complexity index is 1010. The molecule has 0 saturated heterocycles. The molecule has 8 nitrogen and oxygen atoms in total. The van der Waals surface area contributed by atoms with Gasteiger partial charge in [0.1, 0.15) is 17.0 Å². The van der Waals surface area contributed by atoms with Gasteiger partial charge in [0.05, 0.1) is 11.4 Å². The van der Waals surface area contributed by atoms with E-state index in [1.165, 1.54) is 35.3 Å². The Labute approximate surface area is 145 Å². The van der Waals surface area contributed by atoms with Crippen LogP contribution in [-0.4, -0.2) is 35.0 Å². The van der Waals surface area contributed by atoms with Crippen molar-refractivity contribution in [3.63, 3.8) is 0 Å². The number of para-hydroxylation sites is 3. The van der Waals surface area contributed by atoms with E-state index in [-0.39, 0.29) is 11.4 Å². The minimum Gasteiger partial charge on any atom is -0.404 e. The molecule has 3 aromatic rings. The van der Waals surface area contributed by atoms with Crippen molar-refractivity contribution in [2.75, 3.05) is 4.72 Å². The highest BCUT2D eigenvalue weighted by atomic mass is 32.2. The summed E-state index contributed by atoms with van der Waals surface area (Å²) in [5, 5.41) is 10.6. The van der Waals surface area contributed by atoms with Crippen molar-refractivity contribution in [1.82, 2.24) is 20.2 Å². The molecule has 1 N–H and O–H groups in total. The first-order chi connectivity index (χ1) is 12.3. The zero-order valence-corrected chi connectivity index (χ0v) is 13.6. The SMILES string of the molecule is O=S(=O)(Nc1ccccc1-n1cnnn1)c1ccccc1OC(F)(F)F. The number of nitrogens with one attached hydrogen (secondary N) is 1. The fraction of sp³-hybridized carbons (Fsp3) is 0.0714. The second-order valence-corrected chi connectivity index (χ2v) is 6.52. The first-order valence-corrected chi connectivity index (χ1v) is 8.44. The smallest absolute Gasteiger partial charge is 0.404 e. The van der Waals surface area contributed by atoms with Crippen molar-refractivity contribution in [3.8, 4) is 11.4 Å². The number of benzene rings is 2. The number of anilines is 1. The molecule has 0 spiro atoms. The van der Waals surface area contributed by atoms with E-state index in [0.29, 0.717) is 0 Å². The Morgan fingerprint density at radius 3 is 2.42 bits per heavy atom. The lowest BCUT2D eigenvalue weighted by Gasteiger charge is -2.15. The number of ether oxygens (including phenoxy) is 1. The summed E-state index contributed by atoms with van der Waals surface area (Å²) in [5.74, 6) is -0.840. The monoisotopic (exact) mass is 385 g/mol. The number of rotatable bonds is 5. The van der Waals surface area contributed by atoms with Crippen LogP contribution in [0.15, 0.2) is 59.8 Å². The molecule has 0 aliphatic rings. The molecule has 136 valence electrons. The average Bonchev–Trinajstić information content (AvgIpc) is 3.08. The summed E-state index contributed by atoms with van der Waals surface area (Å²) in [6, 6.07) is 10.5. The molecule has 3 rings (SSSR count). The van der Waals surface area contributed by atoms with Gasteiger partial charge in [-0.3, -0.25) is 4.72 Å². The lowest BCUT2D eigenvalue weighted by atomic mass is 10.3. The van der Waals surface area contributed by atoms with Crippen LogP contribution in [0.3, 0.4) is 0 Å². The van der Waals surface area contributed by atoms with Crippen LogP contribution in [0.4, 0.5) is 18.9 Å². The fourth-order valence-electron chi connectivity index (χ4n) is 2.11. The van der Waals surface area contributed by atoms with Gasteiger partial charge in [0.15, 0.2) is 0 Å². The molecule has 1 heterocycles. The van der Waals surface area contributed by atoms with Crippen molar-refractivity contribution >= 4 is 15.7 Å². The third-order valence-corrected chi connectivity index (χ3v) is 4.51. The van der Waals surface area contributed by atoms with E-state index in [0.717, 1.165) is 12.1 Å². The van der Waals surface area contributed by atoms with Gasteiger partial charge in [-0.15, -0.1) is 18.3 Å². The predicted molar refractivity (Wildman–Crippen MR) is 83.1 cm³/mol. The molecular formula is C14H10F3N5O3S. The van der Waals surface area contributed by atoms with Gasteiger partial charge < -0.3 is 4.74 Å². The summed E-state index contributed by atoms with van der Waals surface area (Å²) >= 11 is 0. The first-order valence-electron chi connectivity index (χ1n) is 6.96. The highest BCUT2D eigenvalue weighted by molar-refractivity contribution is 7.92. The summed E-state index contributed by atoms with van der Waals surface area (Å²) in [6.45, 7) is 0. The lowest BCUT2D eigenvalue weighted by Crippen LogP contribution is -2.21. The maximum absolute atomic E-state index is 12.6. The molecular weight excluding hydrogens is 375 g/mol. The minimum absolute atomic E-state index is 0.0709. The van der Waals surface area contributed by atoms with Gasteiger partial charge in [-0.05, 0) is 34.7 Å². The molecule has 0 aliphatic carbocycles. The van der Waals surface area contributed by atoms with Crippen LogP contribution >= 0.6 is 0 Å². The molecule has 0 aliphatic heterocycles. The molecule has 12 heteroatoms. The number of hydrogen-bond acceptors (Lipinski definition) is 6. The van der Waals surface area contributed by atoms with Gasteiger partial charge in [0, 0.05) is 0 Å². The number of hydrogen-bond donors (Lipinski definition) is 1. The number of nitrogens with zero attached hydrogens (tertiary/aromatic N) is 4. The van der Waals surface area contributed by atoms with Crippen LogP contribution < -0.4 is 9.46 Å². The van der Waals surface area contributed by atoms with Crippen LogP contribution in [0.1, 0.15) is 0 Å². The highest BCUT2D eigenvalue weighted by Gasteiger charge is 2.34. The Morgan fingerprint density at radius 1 is 1.04 bits per heavy atom. The Hall–Kier alpha value is -3.15. The molecule has 0 atom stereocenters. The van der Waals surface area contributed by atoms with Crippen LogP contribution in [0.25, 0.3) is 5.69 Å². The standard InChI is InChI=1S/C14H10F3N5O3S/c15-14(16,17)25-12-7-3-4-8-13(12)26(23,24)19-10-5-1-2-6-11(10)22-9-18-20-21-22/h1-9,19H. The van der Waals surface area contributed by atoms with E-state index in [1.807, 2.05) is 0 Å². The van der Waals surface area contributed by atoms with Gasteiger partial charge >= 0.3 is 6.36 Å². The summed E-state index contributed by atoms with van der Waals surface area (Å²) in [6.07, 6.45) is -3.79. The van der Waals surface area contributed by atoms with Crippen LogP contribution in [0.2, 0.25) is 0 Å². The van der Waals surface area contributed by atoms with Crippen LogP contribution in [0.5, 0.6) is 5.75 Å². The highest BCUT2D eigenvalue weighted by Crippen LogP contribution is 2.31. The molecule has 0 unspecified atom stereocenters. The second kappa shape index (κ2) is 6.63. The van der Waals surface area contributed by atoms with Crippen molar-refractivity contribution in [3.05, 3.63) is 54.9 Å². The number of tetrazole rings is 1. The quantitative estimate of drug-likeness (QED) is 0.724. The van der Waals surface area contributed by atoms with E-state index in [9.17, 15) is 21.6 Å². The molecule has 1 aromatic heterocycles. The van der Waals surface area contributed by atoms with Crippen LogP contribution in [0, 0.1) is 0 Å². The molecule has 0 amide bonds. The number of halogens is 3. The number of sulfonamides is 1. The molecule has 0 saturated carbocycles. The summed E-state index contributed by atoms with van der Waals surface area (Å²) in [4.78, 5) is -0.663. The van der Waals surface area contributed by atoms with Gasteiger partial charge in [0.2, 0.25) is 0 Å². The predicted octanol–water partition coefficient (Wildman–Crippen LogP) is 2.36. The largest absolute Gasteiger partial charge is 0.573 e. The lowest BCUT2D eigenvalue weighted by molar-refractivity contribution is -0.275. The molecule has 0 radical (unpaired) electrons. The minimum atomic E-state index is -5.03. The Morgan fingerprint density at radius 2 is 1.73 bits per heavy atom. The van der Waals surface area contributed by atoms with Crippen LogP contribution in [-0.2, 0) is 10.0 Å². The Balaban J connectivity index is 2.00. The van der Waals surface area contributed by atoms with E-state index in [2.05, 4.69) is 25.0 Å². The maximum atomic E-state index is 12.6. The molecule has 26 heavy (non-hydrogen) atoms. The number of alkyl halides is 3. The topological polar surface area (TPSA) is 99.0 Å². The fourth-order valence-corrected chi connectivity index (χ4v) is 3.32. The van der Waals surface area contributed by atoms with Gasteiger partial charge in [-0.25, -0.2) is 8.42 Å². The summed E-state index contributed by atoms with van der Waals surface area (Å²) in [5.41, 5.74) is 0.358. The Kier molecular flexibility index (Phi) is 4.50. The van der Waals surface area contributed by atoms with Gasteiger partial charge in [-0.1, -0.05) is 24.3 Å². The average molecular weight is 385 g/mol. The zero-order valence-electron chi connectivity index (χ0n) is 12.8. The first kappa shape index (κ1) is 17.7. The zero-order chi connectivity index (χ0) is 18.8. The second-order valence-electron chi connectivity index (χ2n) is 4.87. The van der Waals surface area contributed by atoms with E-state index in [4.69, 9.17) is 0 Å².